The number of carbonyl (C=O) groups excluding carboxylic acids is 5. The number of hydrogen-bond donors (Lipinski definition) is 3. The number of piperidine rings is 2. The molecule has 86 heavy (non-hydrogen) atoms. The zero-order valence-corrected chi connectivity index (χ0v) is 53.2. The molecule has 2 heterocycles. The van der Waals surface area contributed by atoms with E-state index in [1.54, 1.807) is 74.6 Å². The highest BCUT2D eigenvalue weighted by Crippen LogP contribution is 2.33. The minimum atomic E-state index is -0.690. The first-order valence-corrected chi connectivity index (χ1v) is 29.7. The van der Waals surface area contributed by atoms with Crippen LogP contribution in [-0.4, -0.2) is 182 Å². The summed E-state index contributed by atoms with van der Waals surface area (Å²) in [7, 11) is 6.42. The van der Waals surface area contributed by atoms with Crippen LogP contribution >= 0.6 is 12.4 Å². The summed E-state index contributed by atoms with van der Waals surface area (Å²) in [4.78, 5) is 71.2. The van der Waals surface area contributed by atoms with Crippen LogP contribution in [-0.2, 0) is 36.5 Å². The number of amides is 5. The third-order valence-corrected chi connectivity index (χ3v) is 14.2. The number of nitrogens with zero attached hydrogens (tertiary/aromatic N) is 3. The first-order chi connectivity index (χ1) is 40.8. The second kappa shape index (κ2) is 37.5. The molecule has 0 radical (unpaired) electrons. The predicted molar refractivity (Wildman–Crippen MR) is 333 cm³/mol. The molecule has 5 amide bonds. The zero-order valence-electron chi connectivity index (χ0n) is 52.4. The van der Waals surface area contributed by atoms with Gasteiger partial charge in [-0.3, -0.25) is 9.59 Å². The second-order valence-electron chi connectivity index (χ2n) is 22.8. The lowest BCUT2D eigenvalue weighted by Crippen LogP contribution is -2.57. The molecule has 2 aliphatic heterocycles. The molecule has 2 unspecified atom stereocenters. The van der Waals surface area contributed by atoms with E-state index in [0.717, 1.165) is 36.9 Å². The van der Waals surface area contributed by atoms with Gasteiger partial charge < -0.3 is 73.3 Å². The number of nitrogens with one attached hydrogen (secondary N) is 3. The summed E-state index contributed by atoms with van der Waals surface area (Å²) in [6.07, 6.45) is 2.73. The molecule has 476 valence electrons. The van der Waals surface area contributed by atoms with Gasteiger partial charge in [0.25, 0.3) is 11.8 Å². The van der Waals surface area contributed by atoms with Gasteiger partial charge in [-0.15, -0.1) is 12.4 Å². The molecule has 4 aromatic carbocycles. The van der Waals surface area contributed by atoms with Crippen molar-refractivity contribution in [1.29, 1.82) is 0 Å². The highest BCUT2D eigenvalue weighted by atomic mass is 35.5. The Hall–Kier alpha value is -7.00. The third kappa shape index (κ3) is 24.0. The predicted octanol–water partition coefficient (Wildman–Crippen LogP) is 9.89. The molecule has 20 nitrogen and oxygen atoms in total. The van der Waals surface area contributed by atoms with Crippen LogP contribution in [0.25, 0.3) is 0 Å². The minimum absolute atomic E-state index is 0. The smallest absolute Gasteiger partial charge is 0.410 e. The van der Waals surface area contributed by atoms with E-state index in [9.17, 15) is 24.0 Å². The molecule has 0 bridgehead atoms. The summed E-state index contributed by atoms with van der Waals surface area (Å²) >= 11 is 0. The van der Waals surface area contributed by atoms with Gasteiger partial charge >= 0.3 is 18.3 Å². The van der Waals surface area contributed by atoms with Crippen molar-refractivity contribution in [3.63, 3.8) is 0 Å². The number of rotatable bonds is 28. The Labute approximate surface area is 515 Å². The molecule has 2 saturated heterocycles. The van der Waals surface area contributed by atoms with Crippen molar-refractivity contribution in [2.75, 3.05) is 107 Å². The number of carbonyl (C=O) groups is 5. The highest BCUT2D eigenvalue weighted by molar-refractivity contribution is 5.96. The van der Waals surface area contributed by atoms with Crippen LogP contribution in [0, 0.1) is 11.8 Å². The Kier molecular flexibility index (Phi) is 31.2. The van der Waals surface area contributed by atoms with Crippen LogP contribution in [0.1, 0.15) is 106 Å². The number of methoxy groups -OCH3 is 4. The lowest BCUT2D eigenvalue weighted by molar-refractivity contribution is -0.00796. The molecule has 4 atom stereocenters. The fraction of sp³-hybridized carbons (Fsp3) is 0.554. The maximum Gasteiger partial charge on any atom is 0.410 e. The standard InChI is InChI=1S/C35H51N3O8.C30H43N3O6.ClH/c1-25(2)38(32(39)28-14-15-30(43-7)31(21-28)44-19-11-18-42-6)29-20-27(22-37(23-29)34(41)46-35(3,4)5)24-45-33(40)36-17-16-26-12-9-8-10-13-26;1-22(2)33(29(34)25-11-12-27(37-4)28(18-25)38-16-8-15-36-3)26-17-24(19-31-20-26)21-39-30(35)32-14-13-23-9-6-5-7-10-23;/h8-10,12-15,21,25,27,29H,11,16-20,22-24H2,1-7H3,(H,36,40);5-7,9-12,18,22,24,26,31H,8,13-17,19-21H2,1-4H3,(H,32,35);1H/t27-,29?;24-,26?;/m00./s1. The zero-order chi connectivity index (χ0) is 61.7. The van der Waals surface area contributed by atoms with Crippen LogP contribution in [0.4, 0.5) is 14.4 Å². The summed E-state index contributed by atoms with van der Waals surface area (Å²) in [6.45, 7) is 18.8. The second-order valence-corrected chi connectivity index (χ2v) is 22.8. The van der Waals surface area contributed by atoms with Gasteiger partial charge in [-0.05, 0) is 122 Å². The van der Waals surface area contributed by atoms with Crippen LogP contribution in [0.3, 0.4) is 0 Å². The molecule has 0 saturated carbocycles. The summed E-state index contributed by atoms with van der Waals surface area (Å²) in [5.74, 6) is 1.74. The van der Waals surface area contributed by atoms with E-state index in [1.807, 2.05) is 114 Å². The van der Waals surface area contributed by atoms with Gasteiger partial charge in [0, 0.05) is 121 Å². The Morgan fingerprint density at radius 3 is 1.48 bits per heavy atom. The van der Waals surface area contributed by atoms with Gasteiger partial charge in [-0.1, -0.05) is 60.7 Å². The maximum absolute atomic E-state index is 14.1. The van der Waals surface area contributed by atoms with E-state index in [-0.39, 0.29) is 73.4 Å². The summed E-state index contributed by atoms with van der Waals surface area (Å²) in [5.41, 5.74) is 2.58. The van der Waals surface area contributed by atoms with Gasteiger partial charge in [0.05, 0.1) is 46.7 Å². The Bertz CT molecular complexity index is 2660. The van der Waals surface area contributed by atoms with Crippen molar-refractivity contribution >= 4 is 42.5 Å². The molecular formula is C65H95ClN6O14. The van der Waals surface area contributed by atoms with E-state index in [2.05, 4.69) is 16.0 Å². The van der Waals surface area contributed by atoms with E-state index >= 15 is 0 Å². The van der Waals surface area contributed by atoms with Crippen molar-refractivity contribution in [1.82, 2.24) is 30.7 Å². The molecule has 4 aromatic rings. The lowest BCUT2D eigenvalue weighted by atomic mass is 9.92. The summed E-state index contributed by atoms with van der Waals surface area (Å²) in [6, 6.07) is 29.7. The average molecular weight is 1220 g/mol. The number of ether oxygens (including phenoxy) is 9. The van der Waals surface area contributed by atoms with Crippen molar-refractivity contribution < 1.29 is 66.6 Å². The molecule has 0 spiro atoms. The van der Waals surface area contributed by atoms with Crippen LogP contribution in [0.2, 0.25) is 0 Å². The monoisotopic (exact) mass is 1220 g/mol. The summed E-state index contributed by atoms with van der Waals surface area (Å²) in [5, 5.41) is 9.05. The van der Waals surface area contributed by atoms with Gasteiger partial charge in [-0.25, -0.2) is 14.4 Å². The largest absolute Gasteiger partial charge is 0.493 e. The van der Waals surface area contributed by atoms with Crippen LogP contribution < -0.4 is 34.9 Å². The molecule has 6 rings (SSSR count). The molecule has 21 heteroatoms. The van der Waals surface area contributed by atoms with Gasteiger partial charge in [0.1, 0.15) is 5.60 Å². The molecule has 0 aliphatic carbocycles. The fourth-order valence-electron chi connectivity index (χ4n) is 10.3. The van der Waals surface area contributed by atoms with E-state index in [4.69, 9.17) is 42.6 Å². The lowest BCUT2D eigenvalue weighted by Gasteiger charge is -2.44. The molecule has 2 aliphatic rings. The van der Waals surface area contributed by atoms with Crippen LogP contribution in [0.15, 0.2) is 97.1 Å². The molecule has 3 N–H and O–H groups in total. The highest BCUT2D eigenvalue weighted by Gasteiger charge is 2.39. The Morgan fingerprint density at radius 2 is 1.03 bits per heavy atom. The SMILES string of the molecule is COCCCOc1cc(C(=O)N(C(C)C)C2CNC[C@@H](COC(=O)NCCc3ccccc3)C2)ccc1OC.COCCCOc1cc(C(=O)N(C(C)C)C2C[C@H](COC(=O)NCCc3ccccc3)CN(C(=O)OC(C)(C)C)C2)ccc1OC.Cl. The first-order valence-electron chi connectivity index (χ1n) is 29.7. The van der Waals surface area contributed by atoms with Gasteiger partial charge in [0.2, 0.25) is 0 Å². The Morgan fingerprint density at radius 1 is 0.581 bits per heavy atom. The van der Waals surface area contributed by atoms with E-state index in [0.29, 0.717) is 113 Å². The fourth-order valence-corrected chi connectivity index (χ4v) is 10.3. The topological polar surface area (TPSA) is 214 Å². The number of likely N-dealkylation sites (tertiary alicyclic amines) is 1. The van der Waals surface area contributed by atoms with Gasteiger partial charge in [-0.2, -0.15) is 0 Å². The van der Waals surface area contributed by atoms with Crippen LogP contribution in [0.5, 0.6) is 23.0 Å². The Balaban J connectivity index is 0.000000369. The average Bonchev–Trinajstić information content (AvgIpc) is 1.69. The quantitative estimate of drug-likeness (QED) is 0.0356. The first kappa shape index (κ1) is 71.5. The van der Waals surface area contributed by atoms with E-state index in [1.165, 1.54) is 0 Å². The number of halogens is 1. The van der Waals surface area contributed by atoms with Crippen molar-refractivity contribution in [3.8, 4) is 23.0 Å². The van der Waals surface area contributed by atoms with Crippen molar-refractivity contribution in [2.45, 2.75) is 117 Å². The number of benzene rings is 4. The van der Waals surface area contributed by atoms with Crippen molar-refractivity contribution in [2.24, 2.45) is 11.8 Å². The molecule has 0 aromatic heterocycles. The summed E-state index contributed by atoms with van der Waals surface area (Å²) < 4.78 is 49.7. The minimum Gasteiger partial charge on any atom is -0.493 e. The maximum atomic E-state index is 14.1. The molecule has 2 fully saturated rings. The normalized spacial score (nSPS) is 16.5. The third-order valence-electron chi connectivity index (χ3n) is 14.2. The van der Waals surface area contributed by atoms with Crippen molar-refractivity contribution in [3.05, 3.63) is 119 Å². The molecular weight excluding hydrogens is 1120 g/mol. The number of alkyl carbamates (subject to hydrolysis) is 2. The van der Waals surface area contributed by atoms with Gasteiger partial charge in [0.15, 0.2) is 23.0 Å². The van der Waals surface area contributed by atoms with E-state index < -0.39 is 23.9 Å². The number of hydrogen-bond acceptors (Lipinski definition) is 15.